The van der Waals surface area contributed by atoms with Crippen LogP contribution < -0.4 is 0 Å². The van der Waals surface area contributed by atoms with Gasteiger partial charge in [0.1, 0.15) is 0 Å². The SMILES string of the molecule is CC1=C2c3ccccc3C(C)(C)C(=S)N2CCC1. The van der Waals surface area contributed by atoms with Crippen molar-refractivity contribution in [2.24, 2.45) is 0 Å². The molecule has 1 nitrogen and oxygen atoms in total. The highest BCUT2D eigenvalue weighted by Crippen LogP contribution is 2.44. The molecule has 0 N–H and O–H groups in total. The van der Waals surface area contributed by atoms with Crippen LogP contribution in [0.15, 0.2) is 29.8 Å². The first kappa shape index (κ1) is 11.9. The Kier molecular flexibility index (Phi) is 2.60. The molecule has 0 aliphatic carbocycles. The van der Waals surface area contributed by atoms with Gasteiger partial charge in [0, 0.05) is 23.2 Å². The van der Waals surface area contributed by atoms with E-state index in [9.17, 15) is 0 Å². The van der Waals surface area contributed by atoms with Crippen LogP contribution in [0.1, 0.15) is 44.7 Å². The first-order valence-corrected chi connectivity index (χ1v) is 7.06. The van der Waals surface area contributed by atoms with Crippen LogP contribution in [0.3, 0.4) is 0 Å². The molecule has 0 fully saturated rings. The van der Waals surface area contributed by atoms with Gasteiger partial charge < -0.3 is 4.90 Å². The van der Waals surface area contributed by atoms with Crippen LogP contribution in [0, 0.1) is 0 Å². The van der Waals surface area contributed by atoms with Crippen molar-refractivity contribution in [1.29, 1.82) is 0 Å². The summed E-state index contributed by atoms with van der Waals surface area (Å²) in [6, 6.07) is 8.73. The molecule has 0 spiro atoms. The Morgan fingerprint density at radius 2 is 1.94 bits per heavy atom. The predicted octanol–water partition coefficient (Wildman–Crippen LogP) is 4.13. The van der Waals surface area contributed by atoms with E-state index in [1.54, 1.807) is 0 Å². The molecule has 94 valence electrons. The summed E-state index contributed by atoms with van der Waals surface area (Å²) in [4.78, 5) is 3.45. The number of hydrogen-bond donors (Lipinski definition) is 0. The van der Waals surface area contributed by atoms with E-state index in [4.69, 9.17) is 12.2 Å². The van der Waals surface area contributed by atoms with Gasteiger partial charge in [-0.25, -0.2) is 0 Å². The number of thiocarbonyl (C=S) groups is 1. The fraction of sp³-hybridized carbons (Fsp3) is 0.438. The quantitative estimate of drug-likeness (QED) is 0.643. The molecule has 0 radical (unpaired) electrons. The molecule has 0 aromatic heterocycles. The minimum absolute atomic E-state index is 0.0347. The van der Waals surface area contributed by atoms with Crippen molar-refractivity contribution in [3.63, 3.8) is 0 Å². The maximum atomic E-state index is 5.76. The maximum absolute atomic E-state index is 5.76. The lowest BCUT2D eigenvalue weighted by molar-refractivity contribution is 0.475. The molecule has 2 aliphatic rings. The number of allylic oxidation sites excluding steroid dienone is 1. The van der Waals surface area contributed by atoms with Crippen molar-refractivity contribution in [3.05, 3.63) is 41.0 Å². The number of nitrogens with zero attached hydrogens (tertiary/aromatic N) is 1. The van der Waals surface area contributed by atoms with Gasteiger partial charge in [0.25, 0.3) is 0 Å². The summed E-state index contributed by atoms with van der Waals surface area (Å²) in [6.07, 6.45) is 2.41. The molecule has 2 heteroatoms. The Bertz CT molecular complexity index is 554. The molecule has 2 aliphatic heterocycles. The maximum Gasteiger partial charge on any atom is 0.0925 e. The Hall–Kier alpha value is -1.15. The van der Waals surface area contributed by atoms with E-state index in [-0.39, 0.29) is 5.41 Å². The highest BCUT2D eigenvalue weighted by Gasteiger charge is 2.40. The van der Waals surface area contributed by atoms with Crippen molar-refractivity contribution in [2.45, 2.75) is 39.0 Å². The first-order chi connectivity index (χ1) is 8.53. The minimum atomic E-state index is -0.0347. The van der Waals surface area contributed by atoms with E-state index >= 15 is 0 Å². The molecule has 1 aromatic rings. The van der Waals surface area contributed by atoms with Gasteiger partial charge in [-0.2, -0.15) is 0 Å². The summed E-state index contributed by atoms with van der Waals surface area (Å²) in [5.41, 5.74) is 5.58. The minimum Gasteiger partial charge on any atom is -0.335 e. The Labute approximate surface area is 114 Å². The summed E-state index contributed by atoms with van der Waals surface area (Å²) in [7, 11) is 0. The second-order valence-electron chi connectivity index (χ2n) is 5.86. The average molecular weight is 257 g/mol. The van der Waals surface area contributed by atoms with Crippen LogP contribution in [-0.4, -0.2) is 16.4 Å². The lowest BCUT2D eigenvalue weighted by atomic mass is 9.75. The third kappa shape index (κ3) is 1.48. The molecule has 3 rings (SSSR count). The second kappa shape index (κ2) is 3.92. The second-order valence-corrected chi connectivity index (χ2v) is 6.25. The van der Waals surface area contributed by atoms with Crippen molar-refractivity contribution in [2.75, 3.05) is 6.54 Å². The van der Waals surface area contributed by atoms with Crippen molar-refractivity contribution >= 4 is 22.9 Å². The van der Waals surface area contributed by atoms with Crippen LogP contribution in [0.25, 0.3) is 5.70 Å². The Morgan fingerprint density at radius 1 is 1.22 bits per heavy atom. The molecule has 0 atom stereocenters. The standard InChI is InChI=1S/C16H19NS/c1-11-7-6-10-17-14(11)12-8-4-5-9-13(12)16(2,3)15(17)18/h4-5,8-9H,6-7,10H2,1-3H3. The van der Waals surface area contributed by atoms with Crippen LogP contribution in [0.5, 0.6) is 0 Å². The van der Waals surface area contributed by atoms with E-state index in [0.717, 1.165) is 11.5 Å². The number of hydrogen-bond acceptors (Lipinski definition) is 1. The molecule has 18 heavy (non-hydrogen) atoms. The van der Waals surface area contributed by atoms with Gasteiger partial charge in [-0.05, 0) is 44.7 Å². The Balaban J connectivity index is 2.32. The van der Waals surface area contributed by atoms with Crippen LogP contribution in [-0.2, 0) is 5.41 Å². The van der Waals surface area contributed by atoms with E-state index in [0.29, 0.717) is 0 Å². The number of fused-ring (bicyclic) bond motifs is 3. The lowest BCUT2D eigenvalue weighted by Gasteiger charge is -2.45. The van der Waals surface area contributed by atoms with Crippen LogP contribution in [0.2, 0.25) is 0 Å². The normalized spacial score (nSPS) is 21.7. The highest BCUT2D eigenvalue weighted by atomic mass is 32.1. The molecule has 1 aromatic carbocycles. The zero-order chi connectivity index (χ0) is 12.9. The Morgan fingerprint density at radius 3 is 2.72 bits per heavy atom. The zero-order valence-corrected chi connectivity index (χ0v) is 12.1. The van der Waals surface area contributed by atoms with Gasteiger partial charge in [-0.15, -0.1) is 0 Å². The van der Waals surface area contributed by atoms with Gasteiger partial charge in [0.2, 0.25) is 0 Å². The third-order valence-electron chi connectivity index (χ3n) is 4.24. The van der Waals surface area contributed by atoms with Crippen LogP contribution in [0.4, 0.5) is 0 Å². The zero-order valence-electron chi connectivity index (χ0n) is 11.3. The highest BCUT2D eigenvalue weighted by molar-refractivity contribution is 7.80. The fourth-order valence-electron chi connectivity index (χ4n) is 3.23. The van der Waals surface area contributed by atoms with E-state index in [1.165, 1.54) is 35.2 Å². The summed E-state index contributed by atoms with van der Waals surface area (Å²) >= 11 is 5.76. The smallest absolute Gasteiger partial charge is 0.0925 e. The molecule has 0 saturated heterocycles. The number of benzene rings is 1. The van der Waals surface area contributed by atoms with Crippen molar-refractivity contribution < 1.29 is 0 Å². The molecule has 2 heterocycles. The van der Waals surface area contributed by atoms with E-state index in [1.807, 2.05) is 0 Å². The van der Waals surface area contributed by atoms with Gasteiger partial charge in [0.05, 0.1) is 4.99 Å². The van der Waals surface area contributed by atoms with Crippen molar-refractivity contribution in [1.82, 2.24) is 4.90 Å². The van der Waals surface area contributed by atoms with Crippen molar-refractivity contribution in [3.8, 4) is 0 Å². The summed E-state index contributed by atoms with van der Waals surface area (Å²) < 4.78 is 0. The van der Waals surface area contributed by atoms with Gasteiger partial charge in [-0.1, -0.05) is 36.5 Å². The van der Waals surface area contributed by atoms with E-state index < -0.39 is 0 Å². The monoisotopic (exact) mass is 257 g/mol. The van der Waals surface area contributed by atoms with Gasteiger partial charge in [0.15, 0.2) is 0 Å². The molecule has 0 saturated carbocycles. The summed E-state index contributed by atoms with van der Waals surface area (Å²) in [6.45, 7) is 7.81. The van der Waals surface area contributed by atoms with Gasteiger partial charge >= 0.3 is 0 Å². The number of rotatable bonds is 0. The molecule has 0 amide bonds. The molecular weight excluding hydrogens is 238 g/mol. The predicted molar refractivity (Wildman–Crippen MR) is 80.6 cm³/mol. The lowest BCUT2D eigenvalue weighted by Crippen LogP contribution is -2.47. The average Bonchev–Trinajstić information content (AvgIpc) is 2.36. The summed E-state index contributed by atoms with van der Waals surface area (Å²) in [5.74, 6) is 0. The molecule has 0 unspecified atom stereocenters. The molecule has 0 bridgehead atoms. The van der Waals surface area contributed by atoms with Crippen LogP contribution >= 0.6 is 12.2 Å². The molecular formula is C16H19NS. The fourth-order valence-corrected chi connectivity index (χ4v) is 3.52. The summed E-state index contributed by atoms with van der Waals surface area (Å²) in [5, 5.41) is 0. The topological polar surface area (TPSA) is 3.24 Å². The van der Waals surface area contributed by atoms with Gasteiger partial charge in [-0.3, -0.25) is 0 Å². The van der Waals surface area contributed by atoms with E-state index in [2.05, 4.69) is 49.9 Å². The first-order valence-electron chi connectivity index (χ1n) is 6.65. The third-order valence-corrected chi connectivity index (χ3v) is 4.97. The largest absolute Gasteiger partial charge is 0.335 e.